The Kier molecular flexibility index (Phi) is 6.99. The van der Waals surface area contributed by atoms with Gasteiger partial charge in [-0.05, 0) is 20.8 Å². The highest BCUT2D eigenvalue weighted by Crippen LogP contribution is 2.33. The Labute approximate surface area is 119 Å². The molecule has 1 amide bonds. The zero-order valence-corrected chi connectivity index (χ0v) is 12.7. The van der Waals surface area contributed by atoms with Crippen molar-refractivity contribution >= 4 is 17.2 Å². The number of likely N-dealkylation sites (tertiary alicyclic amines) is 1. The quantitative estimate of drug-likeness (QED) is 0.771. The molecule has 2 unspecified atom stereocenters. The maximum Gasteiger partial charge on any atom is 0.410 e. The summed E-state index contributed by atoms with van der Waals surface area (Å²) in [5.74, 6) is -3.57. The molecule has 1 aliphatic heterocycles. The second-order valence-corrected chi connectivity index (χ2v) is 6.23. The molecule has 6 nitrogen and oxygen atoms in total. The Morgan fingerprint density at radius 1 is 1.50 bits per heavy atom. The second kappa shape index (κ2) is 7.28. The van der Waals surface area contributed by atoms with Crippen molar-refractivity contribution in [2.75, 3.05) is 19.4 Å². The molecule has 1 N–H and O–H groups in total. The third-order valence-corrected chi connectivity index (χ3v) is 2.99. The molecule has 1 rings (SSSR count). The number of halogens is 2. The smallest absolute Gasteiger partial charge is 0.410 e. The highest BCUT2D eigenvalue weighted by atomic mass is 32.2. The van der Waals surface area contributed by atoms with Crippen molar-refractivity contribution in [3.05, 3.63) is 0 Å². The van der Waals surface area contributed by atoms with E-state index in [0.717, 1.165) is 12.0 Å². The lowest BCUT2D eigenvalue weighted by Crippen LogP contribution is -2.42. The number of carbonyl (C=O) groups is 1. The summed E-state index contributed by atoms with van der Waals surface area (Å²) >= 11 is -2.48. The van der Waals surface area contributed by atoms with Gasteiger partial charge in [0.1, 0.15) is 5.60 Å². The van der Waals surface area contributed by atoms with E-state index in [2.05, 4.69) is 0 Å². The molecule has 0 aromatic rings. The predicted molar refractivity (Wildman–Crippen MR) is 68.2 cm³/mol. The first-order valence-electron chi connectivity index (χ1n) is 5.88. The van der Waals surface area contributed by atoms with Crippen LogP contribution in [0.1, 0.15) is 27.2 Å². The normalized spacial score (nSPS) is 22.8. The molecule has 0 radical (unpaired) electrons. The van der Waals surface area contributed by atoms with Gasteiger partial charge in [0, 0.05) is 19.3 Å². The van der Waals surface area contributed by atoms with Crippen LogP contribution in [-0.2, 0) is 15.8 Å². The van der Waals surface area contributed by atoms with E-state index >= 15 is 0 Å². The van der Waals surface area contributed by atoms with Crippen molar-refractivity contribution in [3.63, 3.8) is 0 Å². The number of rotatable bonds is 2. The molecule has 9 heteroatoms. The van der Waals surface area contributed by atoms with Gasteiger partial charge in [-0.25, -0.2) is 13.6 Å². The summed E-state index contributed by atoms with van der Waals surface area (Å²) in [5.41, 5.74) is -0.809. The van der Waals surface area contributed by atoms with Crippen molar-refractivity contribution in [3.8, 4) is 0 Å². The minimum atomic E-state index is -3.07. The van der Waals surface area contributed by atoms with Gasteiger partial charge in [-0.1, -0.05) is 11.1 Å². The van der Waals surface area contributed by atoms with Crippen molar-refractivity contribution < 1.29 is 32.2 Å². The second-order valence-electron chi connectivity index (χ2n) is 5.29. The largest absolute Gasteiger partial charge is 0.772 e. The van der Waals surface area contributed by atoms with E-state index < -0.39 is 53.5 Å². The van der Waals surface area contributed by atoms with Gasteiger partial charge in [-0.2, -0.15) is 0 Å². The molecule has 0 bridgehead atoms. The van der Waals surface area contributed by atoms with Crippen LogP contribution in [0.5, 0.6) is 0 Å². The standard InChI is InChI=1S/C10H17F2NO4S.CH4O/c1-9(2,3)17-8(14)13-6-10(11,12)4-7(13)5-18(15)16;1-2/h7H,4-6H2,1-3H3,(H,15,16);2H,1H3/p-1. The molecular weight excluding hydrogens is 296 g/mol. The Morgan fingerprint density at radius 2 is 2.00 bits per heavy atom. The van der Waals surface area contributed by atoms with Gasteiger partial charge < -0.3 is 14.4 Å². The van der Waals surface area contributed by atoms with E-state index in [1.54, 1.807) is 20.8 Å². The van der Waals surface area contributed by atoms with Crippen LogP contribution in [-0.4, -0.2) is 61.8 Å². The number of aliphatic hydroxyl groups excluding tert-OH is 1. The Hall–Kier alpha value is -0.800. The van der Waals surface area contributed by atoms with Crippen LogP contribution in [0.4, 0.5) is 13.6 Å². The highest BCUT2D eigenvalue weighted by molar-refractivity contribution is 7.79. The van der Waals surface area contributed by atoms with Crippen LogP contribution in [0, 0.1) is 0 Å². The number of amides is 1. The number of hydrogen-bond donors (Lipinski definition) is 1. The summed E-state index contributed by atoms with van der Waals surface area (Å²) in [7, 11) is 1.00. The summed E-state index contributed by atoms with van der Waals surface area (Å²) in [5, 5.41) is 7.00. The van der Waals surface area contributed by atoms with Gasteiger partial charge in [0.25, 0.3) is 5.92 Å². The molecule has 0 saturated carbocycles. The maximum atomic E-state index is 13.2. The summed E-state index contributed by atoms with van der Waals surface area (Å²) < 4.78 is 52.6. The molecule has 120 valence electrons. The molecule has 2 atom stereocenters. The molecule has 1 aliphatic rings. The molecule has 0 aliphatic carbocycles. The first-order chi connectivity index (χ1) is 9.00. The zero-order valence-electron chi connectivity index (χ0n) is 11.9. The fraction of sp³-hybridized carbons (Fsp3) is 0.909. The highest BCUT2D eigenvalue weighted by Gasteiger charge is 2.48. The van der Waals surface area contributed by atoms with Gasteiger partial charge in [0.15, 0.2) is 0 Å². The van der Waals surface area contributed by atoms with E-state index in [1.165, 1.54) is 0 Å². The lowest BCUT2D eigenvalue weighted by molar-refractivity contribution is -0.00229. The molecule has 0 aromatic carbocycles. The first-order valence-corrected chi connectivity index (χ1v) is 7.13. The van der Waals surface area contributed by atoms with E-state index in [1.807, 2.05) is 0 Å². The third-order valence-electron chi connectivity index (χ3n) is 2.33. The van der Waals surface area contributed by atoms with Crippen LogP contribution < -0.4 is 0 Å². The molecule has 1 heterocycles. The monoisotopic (exact) mass is 316 g/mol. The summed E-state index contributed by atoms with van der Waals surface area (Å²) in [4.78, 5) is 12.5. The molecule has 0 spiro atoms. The van der Waals surface area contributed by atoms with Crippen molar-refractivity contribution in [1.82, 2.24) is 4.90 Å². The molecule has 1 fully saturated rings. The Morgan fingerprint density at radius 3 is 2.40 bits per heavy atom. The predicted octanol–water partition coefficient (Wildman–Crippen LogP) is 1.12. The van der Waals surface area contributed by atoms with E-state index in [-0.39, 0.29) is 0 Å². The number of nitrogens with zero attached hydrogens (tertiary/aromatic N) is 1. The molecular formula is C11H20F2NO5S-. The summed E-state index contributed by atoms with van der Waals surface area (Å²) in [6.07, 6.45) is -1.56. The van der Waals surface area contributed by atoms with Gasteiger partial charge in [0.05, 0.1) is 12.6 Å². The first kappa shape index (κ1) is 19.2. The van der Waals surface area contributed by atoms with Crippen molar-refractivity contribution in [1.29, 1.82) is 0 Å². The lowest BCUT2D eigenvalue weighted by Gasteiger charge is -2.28. The average Bonchev–Trinajstić information content (AvgIpc) is 2.53. The minimum Gasteiger partial charge on any atom is -0.772 e. The summed E-state index contributed by atoms with van der Waals surface area (Å²) in [6, 6.07) is -1.03. The van der Waals surface area contributed by atoms with Crippen LogP contribution in [0.2, 0.25) is 0 Å². The van der Waals surface area contributed by atoms with Crippen molar-refractivity contribution in [2.24, 2.45) is 0 Å². The van der Waals surface area contributed by atoms with Crippen LogP contribution in [0.25, 0.3) is 0 Å². The van der Waals surface area contributed by atoms with E-state index in [0.29, 0.717) is 0 Å². The number of aliphatic hydroxyl groups is 1. The number of hydrogen-bond acceptors (Lipinski definition) is 5. The lowest BCUT2D eigenvalue weighted by atomic mass is 10.2. The summed E-state index contributed by atoms with van der Waals surface area (Å²) in [6.45, 7) is 4.03. The van der Waals surface area contributed by atoms with Gasteiger partial charge >= 0.3 is 6.09 Å². The zero-order chi connectivity index (χ0) is 16.1. The van der Waals surface area contributed by atoms with Crippen LogP contribution in [0.3, 0.4) is 0 Å². The fourth-order valence-electron chi connectivity index (χ4n) is 1.74. The van der Waals surface area contributed by atoms with E-state index in [4.69, 9.17) is 9.84 Å². The molecule has 1 saturated heterocycles. The van der Waals surface area contributed by atoms with E-state index in [9.17, 15) is 22.3 Å². The maximum absolute atomic E-state index is 13.2. The number of ether oxygens (including phenoxy) is 1. The Bertz CT molecular complexity index is 359. The van der Waals surface area contributed by atoms with Crippen molar-refractivity contribution in [2.45, 2.75) is 44.8 Å². The van der Waals surface area contributed by atoms with Gasteiger partial charge in [-0.3, -0.25) is 9.11 Å². The van der Waals surface area contributed by atoms with Gasteiger partial charge in [0.2, 0.25) is 0 Å². The minimum absolute atomic E-state index is 0.505. The van der Waals surface area contributed by atoms with Gasteiger partial charge in [-0.15, -0.1) is 0 Å². The molecule has 20 heavy (non-hydrogen) atoms. The number of carbonyl (C=O) groups excluding carboxylic acids is 1. The SMILES string of the molecule is CC(C)(C)OC(=O)N1CC(F)(F)CC1CS(=O)[O-].CO. The number of alkyl halides is 2. The average molecular weight is 316 g/mol. The molecule has 0 aromatic heterocycles. The fourth-order valence-corrected chi connectivity index (χ4v) is 2.35. The third kappa shape index (κ3) is 6.58. The Balaban J connectivity index is 0.00000172. The topological polar surface area (TPSA) is 89.9 Å². The van der Waals surface area contributed by atoms with Crippen LogP contribution in [0.15, 0.2) is 0 Å². The van der Waals surface area contributed by atoms with Crippen LogP contribution >= 0.6 is 0 Å².